The van der Waals surface area contributed by atoms with Crippen LogP contribution in [-0.2, 0) is 4.79 Å². The summed E-state index contributed by atoms with van der Waals surface area (Å²) >= 11 is 0. The van der Waals surface area contributed by atoms with Gasteiger partial charge in [-0.15, -0.1) is 0 Å². The fraction of sp³-hybridized carbons (Fsp3) is 0.381. The Morgan fingerprint density at radius 2 is 1.76 bits per heavy atom. The van der Waals surface area contributed by atoms with Crippen molar-refractivity contribution in [2.24, 2.45) is 0 Å². The Kier molecular flexibility index (Phi) is 6.07. The number of hydrogen-bond acceptors (Lipinski definition) is 3. The van der Waals surface area contributed by atoms with Crippen LogP contribution in [0, 0.1) is 0 Å². The summed E-state index contributed by atoms with van der Waals surface area (Å²) in [4.78, 5) is 14.3. The molecular weight excluding hydrogens is 312 g/mol. The molecule has 4 heteroatoms. The molecule has 2 aromatic rings. The molecule has 0 spiro atoms. The van der Waals surface area contributed by atoms with E-state index < -0.39 is 0 Å². The van der Waals surface area contributed by atoms with Crippen molar-refractivity contribution < 1.29 is 9.53 Å². The summed E-state index contributed by atoms with van der Waals surface area (Å²) < 4.78 is 5.94. The van der Waals surface area contributed by atoms with E-state index in [4.69, 9.17) is 4.74 Å². The van der Waals surface area contributed by atoms with Gasteiger partial charge < -0.3 is 15.0 Å². The first-order valence-electron chi connectivity index (χ1n) is 8.99. The topological polar surface area (TPSA) is 41.6 Å². The minimum absolute atomic E-state index is 0.157. The van der Waals surface area contributed by atoms with Crippen molar-refractivity contribution in [1.82, 2.24) is 10.2 Å². The van der Waals surface area contributed by atoms with E-state index in [-0.39, 0.29) is 5.91 Å². The lowest BCUT2D eigenvalue weighted by atomic mass is 10.0. The highest BCUT2D eigenvalue weighted by atomic mass is 16.5. The Bertz CT molecular complexity index is 681. The molecule has 132 valence electrons. The Morgan fingerprint density at radius 1 is 1.08 bits per heavy atom. The van der Waals surface area contributed by atoms with Crippen LogP contribution in [0.25, 0.3) is 11.1 Å². The summed E-state index contributed by atoms with van der Waals surface area (Å²) in [6.45, 7) is 2.38. The molecule has 25 heavy (non-hydrogen) atoms. The van der Waals surface area contributed by atoms with E-state index in [1.165, 1.54) is 0 Å². The number of benzene rings is 2. The lowest BCUT2D eigenvalue weighted by Crippen LogP contribution is -2.44. The lowest BCUT2D eigenvalue weighted by molar-refractivity contribution is -0.132. The van der Waals surface area contributed by atoms with Crippen LogP contribution in [0.1, 0.15) is 19.3 Å². The van der Waals surface area contributed by atoms with Crippen LogP contribution < -0.4 is 10.1 Å². The van der Waals surface area contributed by atoms with Crippen LogP contribution >= 0.6 is 0 Å². The Labute approximate surface area is 149 Å². The van der Waals surface area contributed by atoms with E-state index in [0.717, 1.165) is 42.8 Å². The number of nitrogens with one attached hydrogen (secondary N) is 1. The van der Waals surface area contributed by atoms with Gasteiger partial charge in [0.15, 0.2) is 0 Å². The predicted molar refractivity (Wildman–Crippen MR) is 101 cm³/mol. The van der Waals surface area contributed by atoms with Gasteiger partial charge >= 0.3 is 0 Å². The second-order valence-electron chi connectivity index (χ2n) is 6.45. The molecule has 1 saturated heterocycles. The number of nitrogens with zero attached hydrogens (tertiary/aromatic N) is 1. The van der Waals surface area contributed by atoms with E-state index in [0.29, 0.717) is 19.1 Å². The van der Waals surface area contributed by atoms with Crippen LogP contribution in [0.5, 0.6) is 5.75 Å². The van der Waals surface area contributed by atoms with Gasteiger partial charge in [0, 0.05) is 18.7 Å². The van der Waals surface area contributed by atoms with Gasteiger partial charge in [0.1, 0.15) is 5.75 Å². The van der Waals surface area contributed by atoms with Crippen molar-refractivity contribution in [3.05, 3.63) is 54.6 Å². The molecule has 0 bridgehead atoms. The largest absolute Gasteiger partial charge is 0.492 e. The molecule has 1 amide bonds. The van der Waals surface area contributed by atoms with Gasteiger partial charge in [0.2, 0.25) is 5.91 Å². The molecule has 0 aromatic heterocycles. The third-order valence-corrected chi connectivity index (χ3v) is 4.80. The van der Waals surface area contributed by atoms with Crippen LogP contribution in [0.4, 0.5) is 0 Å². The van der Waals surface area contributed by atoms with Crippen LogP contribution in [0.3, 0.4) is 0 Å². The van der Waals surface area contributed by atoms with E-state index in [9.17, 15) is 4.79 Å². The van der Waals surface area contributed by atoms with Crippen molar-refractivity contribution in [2.75, 3.05) is 26.7 Å². The van der Waals surface area contributed by atoms with Crippen LogP contribution in [-0.4, -0.2) is 43.6 Å². The Morgan fingerprint density at radius 3 is 2.52 bits per heavy atom. The first-order chi connectivity index (χ1) is 12.3. The molecule has 1 aliphatic rings. The van der Waals surface area contributed by atoms with Crippen molar-refractivity contribution in [3.63, 3.8) is 0 Å². The molecule has 3 rings (SSSR count). The van der Waals surface area contributed by atoms with Gasteiger partial charge in [-0.3, -0.25) is 4.79 Å². The highest BCUT2D eigenvalue weighted by Gasteiger charge is 2.21. The quantitative estimate of drug-likeness (QED) is 0.878. The second-order valence-corrected chi connectivity index (χ2v) is 6.45. The average molecular weight is 338 g/mol. The molecule has 2 aromatic carbocycles. The molecule has 0 radical (unpaired) electrons. The highest BCUT2D eigenvalue weighted by Crippen LogP contribution is 2.29. The fourth-order valence-corrected chi connectivity index (χ4v) is 3.27. The molecule has 1 N–H and O–H groups in total. The van der Waals surface area contributed by atoms with Gasteiger partial charge in [-0.2, -0.15) is 0 Å². The number of carbonyl (C=O) groups is 1. The number of carbonyl (C=O) groups excluding carboxylic acids is 1. The fourth-order valence-electron chi connectivity index (χ4n) is 3.27. The van der Waals surface area contributed by atoms with E-state index in [2.05, 4.69) is 17.4 Å². The van der Waals surface area contributed by atoms with Crippen molar-refractivity contribution in [3.8, 4) is 16.9 Å². The van der Waals surface area contributed by atoms with E-state index in [1.807, 2.05) is 54.4 Å². The minimum Gasteiger partial charge on any atom is -0.492 e. The normalized spacial score (nSPS) is 14.9. The monoisotopic (exact) mass is 338 g/mol. The van der Waals surface area contributed by atoms with Gasteiger partial charge in [0.25, 0.3) is 0 Å². The molecule has 1 fully saturated rings. The maximum atomic E-state index is 12.4. The Hall–Kier alpha value is -2.33. The molecule has 0 atom stereocenters. The van der Waals surface area contributed by atoms with Gasteiger partial charge in [0.05, 0.1) is 13.0 Å². The van der Waals surface area contributed by atoms with Crippen molar-refractivity contribution in [1.29, 1.82) is 0 Å². The maximum Gasteiger partial charge on any atom is 0.225 e. The molecule has 0 saturated carbocycles. The zero-order valence-electron chi connectivity index (χ0n) is 14.8. The SMILES string of the molecule is CN(C(=O)CCOc1ccccc1-c1ccccc1)C1CCNCC1. The lowest BCUT2D eigenvalue weighted by Gasteiger charge is -2.31. The zero-order chi connectivity index (χ0) is 17.5. The third kappa shape index (κ3) is 4.60. The zero-order valence-corrected chi connectivity index (χ0v) is 14.8. The first-order valence-corrected chi connectivity index (χ1v) is 8.99. The molecule has 4 nitrogen and oxygen atoms in total. The van der Waals surface area contributed by atoms with Crippen LogP contribution in [0.15, 0.2) is 54.6 Å². The first kappa shape index (κ1) is 17.5. The van der Waals surface area contributed by atoms with Gasteiger partial charge in [-0.1, -0.05) is 48.5 Å². The standard InChI is InChI=1S/C21H26N2O2/c1-23(18-11-14-22-15-12-18)21(24)13-16-25-20-10-6-5-9-19(20)17-7-3-2-4-8-17/h2-10,18,22H,11-16H2,1H3. The number of amides is 1. The van der Waals surface area contributed by atoms with Crippen LogP contribution in [0.2, 0.25) is 0 Å². The summed E-state index contributed by atoms with van der Waals surface area (Å²) in [5.74, 6) is 0.982. The number of para-hydroxylation sites is 1. The van der Waals surface area contributed by atoms with E-state index >= 15 is 0 Å². The highest BCUT2D eigenvalue weighted by molar-refractivity contribution is 5.76. The predicted octanol–water partition coefficient (Wildman–Crippen LogP) is 3.33. The minimum atomic E-state index is 0.157. The number of ether oxygens (including phenoxy) is 1. The molecule has 0 unspecified atom stereocenters. The number of rotatable bonds is 6. The van der Waals surface area contributed by atoms with Crippen molar-refractivity contribution in [2.45, 2.75) is 25.3 Å². The smallest absolute Gasteiger partial charge is 0.225 e. The number of piperidine rings is 1. The number of hydrogen-bond donors (Lipinski definition) is 1. The van der Waals surface area contributed by atoms with E-state index in [1.54, 1.807) is 0 Å². The second kappa shape index (κ2) is 8.67. The van der Waals surface area contributed by atoms with Crippen molar-refractivity contribution >= 4 is 5.91 Å². The maximum absolute atomic E-state index is 12.4. The summed E-state index contributed by atoms with van der Waals surface area (Å²) in [5, 5.41) is 3.33. The average Bonchev–Trinajstić information content (AvgIpc) is 2.69. The molecule has 0 aliphatic carbocycles. The summed E-state index contributed by atoms with van der Waals surface area (Å²) in [7, 11) is 1.91. The molecule has 1 aliphatic heterocycles. The molecule has 1 heterocycles. The third-order valence-electron chi connectivity index (χ3n) is 4.80. The summed E-state index contributed by atoms with van der Waals surface area (Å²) in [6.07, 6.45) is 2.46. The van der Waals surface area contributed by atoms with Gasteiger partial charge in [-0.05, 0) is 37.6 Å². The molecular formula is C21H26N2O2. The summed E-state index contributed by atoms with van der Waals surface area (Å²) in [6, 6.07) is 18.5. The summed E-state index contributed by atoms with van der Waals surface area (Å²) in [5.41, 5.74) is 2.18. The Balaban J connectivity index is 1.56. The van der Waals surface area contributed by atoms with Gasteiger partial charge in [-0.25, -0.2) is 0 Å².